The molecule has 360 valence electrons. The minimum Gasteiger partial charge on any atom is -0.456 e. The van der Waals surface area contributed by atoms with Crippen LogP contribution in [0.15, 0.2) is 30.3 Å². The summed E-state index contributed by atoms with van der Waals surface area (Å²) in [5.41, 5.74) is -2.72. The van der Waals surface area contributed by atoms with Gasteiger partial charge < -0.3 is 84.2 Å². The lowest BCUT2D eigenvalue weighted by molar-refractivity contribution is -0.345. The summed E-state index contributed by atoms with van der Waals surface area (Å²) in [5.74, 6) is -1.98. The van der Waals surface area contributed by atoms with Crippen LogP contribution in [0, 0.1) is 46.3 Å². The number of aliphatic hydroxyl groups is 10. The number of esters is 1. The molecule has 0 amide bonds. The molecule has 1 aromatic carbocycles. The van der Waals surface area contributed by atoms with Crippen molar-refractivity contribution in [1.29, 1.82) is 0 Å². The van der Waals surface area contributed by atoms with Crippen LogP contribution in [0.25, 0.3) is 0 Å². The molecular weight excluding hydrogens is 840 g/mol. The lowest BCUT2D eigenvalue weighted by atomic mass is 9.42. The van der Waals surface area contributed by atoms with Crippen molar-refractivity contribution >= 4 is 5.97 Å². The summed E-state index contributed by atoms with van der Waals surface area (Å²) in [7, 11) is 0. The van der Waals surface area contributed by atoms with Crippen molar-refractivity contribution in [1.82, 2.24) is 0 Å². The smallest absolute Gasteiger partial charge is 0.338 e. The molecule has 0 unspecified atom stereocenters. The van der Waals surface area contributed by atoms with Crippen molar-refractivity contribution in [3.8, 4) is 0 Å². The Kier molecular flexibility index (Phi) is 12.7. The highest BCUT2D eigenvalue weighted by Crippen LogP contribution is 2.72. The molecule has 0 aromatic heterocycles. The first-order valence-electron chi connectivity index (χ1n) is 23.2. The lowest BCUT2D eigenvalue weighted by Gasteiger charge is -2.66. The van der Waals surface area contributed by atoms with Crippen LogP contribution < -0.4 is 0 Å². The predicted octanol–water partition coefficient (Wildman–Crippen LogP) is -0.666. The van der Waals surface area contributed by atoms with E-state index in [0.29, 0.717) is 32.3 Å². The molecular formula is C46H68O18. The fourth-order valence-electron chi connectivity index (χ4n) is 14.2. The van der Waals surface area contributed by atoms with Gasteiger partial charge in [0.15, 0.2) is 18.4 Å². The molecule has 4 aliphatic carbocycles. The van der Waals surface area contributed by atoms with Gasteiger partial charge in [0, 0.05) is 30.1 Å². The van der Waals surface area contributed by atoms with E-state index >= 15 is 0 Å². The van der Waals surface area contributed by atoms with Gasteiger partial charge in [0.25, 0.3) is 0 Å². The number of hydrogen-bond acceptors (Lipinski definition) is 18. The molecule has 8 aliphatic rings. The molecule has 10 N–H and O–H groups in total. The highest BCUT2D eigenvalue weighted by atomic mass is 16.7. The van der Waals surface area contributed by atoms with Gasteiger partial charge in [-0.15, -0.1) is 0 Å². The van der Waals surface area contributed by atoms with Crippen LogP contribution in [0.2, 0.25) is 0 Å². The normalized spacial score (nSPS) is 54.7. The average Bonchev–Trinajstić information content (AvgIpc) is 3.72. The summed E-state index contributed by atoms with van der Waals surface area (Å²) < 4.78 is 44.0. The minimum atomic E-state index is -1.72. The Hall–Kier alpha value is -1.95. The fraction of sp³-hybridized carbons (Fsp3) is 0.848. The Morgan fingerprint density at radius 2 is 1.36 bits per heavy atom. The second-order valence-electron chi connectivity index (χ2n) is 21.0. The number of carbonyl (C=O) groups is 1. The van der Waals surface area contributed by atoms with E-state index in [1.807, 2.05) is 13.8 Å². The van der Waals surface area contributed by atoms with Crippen molar-refractivity contribution in [2.24, 2.45) is 46.3 Å². The first-order chi connectivity index (χ1) is 30.3. The van der Waals surface area contributed by atoms with E-state index in [-0.39, 0.29) is 65.4 Å². The Morgan fingerprint density at radius 1 is 0.750 bits per heavy atom. The Labute approximate surface area is 372 Å². The first-order valence-corrected chi connectivity index (χ1v) is 23.2. The Morgan fingerprint density at radius 3 is 1.97 bits per heavy atom. The molecule has 4 saturated carbocycles. The summed E-state index contributed by atoms with van der Waals surface area (Å²) in [4.78, 5) is 13.6. The Balaban J connectivity index is 0.954. The van der Waals surface area contributed by atoms with Gasteiger partial charge in [-0.3, -0.25) is 0 Å². The third kappa shape index (κ3) is 7.33. The highest BCUT2D eigenvalue weighted by molar-refractivity contribution is 5.89. The van der Waals surface area contributed by atoms with E-state index in [1.165, 1.54) is 0 Å². The monoisotopic (exact) mass is 908 g/mol. The molecule has 4 aliphatic heterocycles. The quantitative estimate of drug-likeness (QED) is 0.114. The lowest BCUT2D eigenvalue weighted by Crippen LogP contribution is -2.71. The molecule has 0 bridgehead atoms. The van der Waals surface area contributed by atoms with Gasteiger partial charge in [-0.1, -0.05) is 45.9 Å². The number of rotatable bonds is 8. The molecule has 4 saturated heterocycles. The number of ether oxygens (including phenoxy) is 7. The van der Waals surface area contributed by atoms with E-state index < -0.39 is 122 Å². The van der Waals surface area contributed by atoms with E-state index in [2.05, 4.69) is 13.8 Å². The van der Waals surface area contributed by atoms with Crippen LogP contribution in [-0.4, -0.2) is 180 Å². The van der Waals surface area contributed by atoms with Crippen LogP contribution >= 0.6 is 0 Å². The molecule has 1 aromatic rings. The number of hydrogen-bond donors (Lipinski definition) is 10. The third-order valence-corrected chi connectivity index (χ3v) is 17.8. The van der Waals surface area contributed by atoms with Crippen molar-refractivity contribution < 1.29 is 89.0 Å². The summed E-state index contributed by atoms with van der Waals surface area (Å²) >= 11 is 0. The minimum absolute atomic E-state index is 0.0535. The molecule has 18 heteroatoms. The van der Waals surface area contributed by atoms with Crippen LogP contribution in [0.1, 0.15) is 83.0 Å². The third-order valence-electron chi connectivity index (χ3n) is 17.8. The van der Waals surface area contributed by atoms with E-state index in [0.717, 1.165) is 6.42 Å². The molecule has 0 radical (unpaired) electrons. The molecule has 9 rings (SSSR count). The van der Waals surface area contributed by atoms with Crippen molar-refractivity contribution in [3.63, 3.8) is 0 Å². The second kappa shape index (κ2) is 17.2. The average molecular weight is 909 g/mol. The topological polar surface area (TPSA) is 284 Å². The SMILES string of the molecule is C[C@H]1CO[C@]2(C[C@@H]1O[C@@H]1O[C@H](CO)[C@@H](O)[C@H](O)[C@H]1O)O[C@H]1C[C@H]3[C@@H]4C[C@@H](O)[C@@]5(O)C[C@@H](OC(=O)c6ccccc6)[C@H](O[C@@H]6O[C@H](CO)[C@@H](O)[C@H](O)[C@H]6O)C[C@]5(C)[C@H]4CC[C@]3(C)[C@H]1[C@@H]2C. The zero-order valence-electron chi connectivity index (χ0n) is 36.8. The first kappa shape index (κ1) is 47.1. The van der Waals surface area contributed by atoms with Crippen LogP contribution in [0.5, 0.6) is 0 Å². The second-order valence-corrected chi connectivity index (χ2v) is 21.0. The van der Waals surface area contributed by atoms with Gasteiger partial charge >= 0.3 is 5.97 Å². The van der Waals surface area contributed by atoms with Crippen LogP contribution in [-0.2, 0) is 33.2 Å². The maximum atomic E-state index is 13.6. The largest absolute Gasteiger partial charge is 0.456 e. The fourth-order valence-corrected chi connectivity index (χ4v) is 14.2. The molecule has 8 fully saturated rings. The van der Waals surface area contributed by atoms with Gasteiger partial charge in [-0.25, -0.2) is 4.79 Å². The van der Waals surface area contributed by atoms with Crippen molar-refractivity contribution in [2.45, 2.75) is 176 Å². The zero-order valence-corrected chi connectivity index (χ0v) is 36.8. The molecule has 25 atom stereocenters. The number of benzene rings is 1. The summed E-state index contributed by atoms with van der Waals surface area (Å²) in [5, 5.41) is 108. The maximum absolute atomic E-state index is 13.6. The molecule has 18 nitrogen and oxygen atoms in total. The van der Waals surface area contributed by atoms with Gasteiger partial charge in [0.1, 0.15) is 54.9 Å². The highest BCUT2D eigenvalue weighted by Gasteiger charge is 2.73. The van der Waals surface area contributed by atoms with E-state index in [9.17, 15) is 55.9 Å². The van der Waals surface area contributed by atoms with Crippen LogP contribution in [0.4, 0.5) is 0 Å². The molecule has 4 heterocycles. The number of carbonyl (C=O) groups excluding carboxylic acids is 1. The molecule has 64 heavy (non-hydrogen) atoms. The summed E-state index contributed by atoms with van der Waals surface area (Å²) in [6.45, 7) is 7.41. The summed E-state index contributed by atoms with van der Waals surface area (Å²) in [6, 6.07) is 8.33. The van der Waals surface area contributed by atoms with Crippen molar-refractivity contribution in [3.05, 3.63) is 35.9 Å². The molecule has 1 spiro atoms. The summed E-state index contributed by atoms with van der Waals surface area (Å²) in [6.07, 6.45) is -16.2. The zero-order chi connectivity index (χ0) is 45.8. The van der Waals surface area contributed by atoms with Gasteiger partial charge in [-0.2, -0.15) is 0 Å². The number of fused-ring (bicyclic) bond motifs is 7. The maximum Gasteiger partial charge on any atom is 0.338 e. The van der Waals surface area contributed by atoms with Gasteiger partial charge in [0.2, 0.25) is 0 Å². The van der Waals surface area contributed by atoms with Crippen LogP contribution in [0.3, 0.4) is 0 Å². The standard InChI is InChI=1S/C46H68O18/c1-20-19-58-46(16-27(20)60-41-38(54)36(52)34(50)30(17-47)62-41)21(2)33-26(64-46)13-25-23-12-32(49)45(57)15-29(59-40(56)22-8-6-5-7-9-22)28(14-44(45,4)24(23)10-11-43(25,33)3)61-42-39(55)37(53)35(51)31(18-48)63-42/h5-9,20-21,23-39,41-42,47-55,57H,10-19H2,1-4H3/t20-,21-,23+,24-,25-,26-,27-,28+,29+,30+,31+,32+,33-,34+,35+,36-,37-,38+,39+,41+,42+,43-,44+,45-,46+/m0/s1. The predicted molar refractivity (Wildman–Crippen MR) is 218 cm³/mol. The van der Waals surface area contributed by atoms with Gasteiger partial charge in [-0.05, 0) is 73.3 Å². The van der Waals surface area contributed by atoms with Crippen molar-refractivity contribution in [2.75, 3.05) is 19.8 Å². The number of aliphatic hydroxyl groups excluding tert-OH is 9. The van der Waals surface area contributed by atoms with Gasteiger partial charge in [0.05, 0.1) is 55.4 Å². The Bertz CT molecular complexity index is 1820. The van der Waals surface area contributed by atoms with E-state index in [4.69, 9.17) is 33.2 Å². The van der Waals surface area contributed by atoms with E-state index in [1.54, 1.807) is 30.3 Å².